The zero-order valence-electron chi connectivity index (χ0n) is 20.3. The first-order valence-electron chi connectivity index (χ1n) is 12.9. The van der Waals surface area contributed by atoms with Gasteiger partial charge in [-0.15, -0.1) is 0 Å². The number of amides is 2. The van der Waals surface area contributed by atoms with E-state index in [0.717, 1.165) is 57.3 Å². The molecule has 1 N–H and O–H groups in total. The molecule has 0 radical (unpaired) electrons. The summed E-state index contributed by atoms with van der Waals surface area (Å²) >= 11 is 0. The Bertz CT molecular complexity index is 1070. The molecule has 0 bridgehead atoms. The van der Waals surface area contributed by atoms with E-state index in [2.05, 4.69) is 22.3 Å². The molecule has 5 nitrogen and oxygen atoms in total. The smallest absolute Gasteiger partial charge is 0.259 e. The van der Waals surface area contributed by atoms with Crippen LogP contribution in [0.5, 0.6) is 0 Å². The highest BCUT2D eigenvalue weighted by atomic mass is 19.1. The van der Waals surface area contributed by atoms with Gasteiger partial charge in [0.15, 0.2) is 0 Å². The minimum absolute atomic E-state index is 0.0535. The van der Waals surface area contributed by atoms with Crippen LogP contribution in [-0.2, 0) is 4.79 Å². The summed E-state index contributed by atoms with van der Waals surface area (Å²) in [5.74, 6) is -3.37. The second-order valence-electron chi connectivity index (χ2n) is 10.5. The highest BCUT2D eigenvalue weighted by Crippen LogP contribution is 2.33. The van der Waals surface area contributed by atoms with E-state index in [4.69, 9.17) is 0 Å². The number of hydrogen-bond acceptors (Lipinski definition) is 3. The molecule has 2 unspecified atom stereocenters. The fourth-order valence-electron chi connectivity index (χ4n) is 6.14. The maximum absolute atomic E-state index is 14.1. The first-order valence-corrected chi connectivity index (χ1v) is 12.9. The molecule has 1 aliphatic carbocycles. The van der Waals surface area contributed by atoms with E-state index in [1.165, 1.54) is 4.90 Å². The third kappa shape index (κ3) is 5.28. The monoisotopic (exact) mass is 499 g/mol. The van der Waals surface area contributed by atoms with E-state index in [9.17, 15) is 22.8 Å². The lowest BCUT2D eigenvalue weighted by Crippen LogP contribution is -2.37. The average molecular weight is 500 g/mol. The Morgan fingerprint density at radius 3 is 2.14 bits per heavy atom. The van der Waals surface area contributed by atoms with Crippen LogP contribution in [0.3, 0.4) is 0 Å². The summed E-state index contributed by atoms with van der Waals surface area (Å²) in [5.41, 5.74) is 0.417. The van der Waals surface area contributed by atoms with Crippen molar-refractivity contribution in [3.63, 3.8) is 0 Å². The molecule has 2 aromatic carbocycles. The van der Waals surface area contributed by atoms with E-state index in [1.54, 1.807) is 0 Å². The van der Waals surface area contributed by atoms with Gasteiger partial charge in [-0.25, -0.2) is 13.2 Å². The Morgan fingerprint density at radius 2 is 1.53 bits per heavy atom. The number of likely N-dealkylation sites (tertiary alicyclic amines) is 2. The quantitative estimate of drug-likeness (QED) is 0.609. The van der Waals surface area contributed by atoms with Crippen molar-refractivity contribution in [2.45, 2.75) is 38.1 Å². The summed E-state index contributed by atoms with van der Waals surface area (Å²) in [7, 11) is 0. The van der Waals surface area contributed by atoms with Crippen molar-refractivity contribution in [2.75, 3.05) is 32.7 Å². The van der Waals surface area contributed by atoms with Gasteiger partial charge in [0, 0.05) is 50.8 Å². The number of carbonyl (C=O) groups excluding carboxylic acids is 2. The molecule has 2 aromatic rings. The van der Waals surface area contributed by atoms with Crippen molar-refractivity contribution in [3.05, 3.63) is 71.0 Å². The fraction of sp³-hybridized carbons (Fsp3) is 0.500. The summed E-state index contributed by atoms with van der Waals surface area (Å²) in [5, 5.41) is 3.29. The van der Waals surface area contributed by atoms with Crippen LogP contribution in [0, 0.1) is 35.2 Å². The van der Waals surface area contributed by atoms with Gasteiger partial charge in [-0.05, 0) is 36.7 Å². The Hall–Kier alpha value is -2.87. The Kier molecular flexibility index (Phi) is 7.32. The average Bonchev–Trinajstić information content (AvgIpc) is 3.58. The molecule has 3 aliphatic rings. The van der Waals surface area contributed by atoms with Crippen LogP contribution in [0.2, 0.25) is 0 Å². The maximum atomic E-state index is 14.1. The van der Waals surface area contributed by atoms with Crippen molar-refractivity contribution in [1.29, 1.82) is 0 Å². The first-order chi connectivity index (χ1) is 17.4. The highest BCUT2D eigenvalue weighted by Gasteiger charge is 2.42. The van der Waals surface area contributed by atoms with Crippen LogP contribution in [0.25, 0.3) is 0 Å². The molecule has 2 heterocycles. The summed E-state index contributed by atoms with van der Waals surface area (Å²) in [4.78, 5) is 29.4. The predicted molar refractivity (Wildman–Crippen MR) is 130 cm³/mol. The summed E-state index contributed by atoms with van der Waals surface area (Å²) < 4.78 is 41.4. The Morgan fingerprint density at radius 1 is 0.917 bits per heavy atom. The van der Waals surface area contributed by atoms with Crippen LogP contribution in [0.1, 0.15) is 54.1 Å². The van der Waals surface area contributed by atoms with Gasteiger partial charge in [-0.1, -0.05) is 43.2 Å². The van der Waals surface area contributed by atoms with Gasteiger partial charge in [0.25, 0.3) is 5.91 Å². The minimum Gasteiger partial charge on any atom is -0.349 e. The van der Waals surface area contributed by atoms with Gasteiger partial charge < -0.3 is 15.1 Å². The van der Waals surface area contributed by atoms with Gasteiger partial charge in [0.05, 0.1) is 6.04 Å². The minimum atomic E-state index is -1.16. The van der Waals surface area contributed by atoms with E-state index in [0.29, 0.717) is 25.2 Å². The summed E-state index contributed by atoms with van der Waals surface area (Å²) in [6.45, 7) is 3.25. The lowest BCUT2D eigenvalue weighted by molar-refractivity contribution is -0.125. The number of halogens is 3. The molecule has 2 saturated heterocycles. The molecule has 3 fully saturated rings. The Balaban J connectivity index is 1.17. The molecule has 3 atom stereocenters. The van der Waals surface area contributed by atoms with E-state index in [1.807, 2.05) is 18.2 Å². The molecular weight excluding hydrogens is 467 g/mol. The van der Waals surface area contributed by atoms with Crippen LogP contribution >= 0.6 is 0 Å². The molecule has 36 heavy (non-hydrogen) atoms. The zero-order valence-corrected chi connectivity index (χ0v) is 20.3. The molecule has 2 amide bonds. The van der Waals surface area contributed by atoms with Gasteiger partial charge in [-0.2, -0.15) is 0 Å². The summed E-state index contributed by atoms with van der Waals surface area (Å²) in [6.07, 6.45) is 4.94. The second kappa shape index (κ2) is 10.6. The molecule has 8 heteroatoms. The van der Waals surface area contributed by atoms with Crippen LogP contribution in [0.4, 0.5) is 13.2 Å². The topological polar surface area (TPSA) is 52.7 Å². The standard InChI is InChI=1S/C28H32F3N3O2/c29-22-12-23(30)26(24(31)13-22)28(36)34-16-20-14-33(15-21(20)17-34)11-10-25(18-6-2-1-3-7-18)32-27(35)19-8-4-5-9-19/h1-3,6-7,12-13,19-21,25H,4-5,8-11,14-17H2,(H,32,35)/t20-,21?,25?/m0/s1. The highest BCUT2D eigenvalue weighted by molar-refractivity contribution is 5.95. The molecule has 2 aliphatic heterocycles. The van der Waals surface area contributed by atoms with Gasteiger partial charge in [-0.3, -0.25) is 9.59 Å². The number of nitrogens with zero attached hydrogens (tertiary/aromatic N) is 2. The Labute approximate surface area is 209 Å². The van der Waals surface area contributed by atoms with Gasteiger partial charge in [0.2, 0.25) is 5.91 Å². The number of rotatable bonds is 7. The largest absolute Gasteiger partial charge is 0.349 e. The SMILES string of the molecule is O=C(NC(CCN1CC2CN(C(=O)c3c(F)cc(F)cc3F)C[C@@H]2C1)c1ccccc1)C1CCCC1. The van der Waals surface area contributed by atoms with Crippen LogP contribution in [0.15, 0.2) is 42.5 Å². The molecule has 0 aromatic heterocycles. The van der Waals surface area contributed by atoms with Crippen molar-refractivity contribution in [3.8, 4) is 0 Å². The summed E-state index contributed by atoms with van der Waals surface area (Å²) in [6, 6.07) is 11.1. The normalized spacial score (nSPS) is 23.1. The number of hydrogen-bond donors (Lipinski definition) is 1. The predicted octanol–water partition coefficient (Wildman–Crippen LogP) is 4.55. The van der Waals surface area contributed by atoms with Gasteiger partial charge >= 0.3 is 0 Å². The van der Waals surface area contributed by atoms with E-state index >= 15 is 0 Å². The number of nitrogens with one attached hydrogen (secondary N) is 1. The lowest BCUT2D eigenvalue weighted by Gasteiger charge is -2.26. The zero-order chi connectivity index (χ0) is 25.2. The first kappa shape index (κ1) is 24.8. The molecule has 0 spiro atoms. The molecule has 5 rings (SSSR count). The third-order valence-corrected chi connectivity index (χ3v) is 8.05. The maximum Gasteiger partial charge on any atom is 0.259 e. The number of fused-ring (bicyclic) bond motifs is 1. The van der Waals surface area contributed by atoms with Crippen molar-refractivity contribution in [2.24, 2.45) is 17.8 Å². The van der Waals surface area contributed by atoms with Crippen molar-refractivity contribution < 1.29 is 22.8 Å². The molecular formula is C28H32F3N3O2. The van der Waals surface area contributed by atoms with Crippen LogP contribution in [-0.4, -0.2) is 54.3 Å². The van der Waals surface area contributed by atoms with Crippen molar-refractivity contribution in [1.82, 2.24) is 15.1 Å². The third-order valence-electron chi connectivity index (χ3n) is 8.05. The second-order valence-corrected chi connectivity index (χ2v) is 10.5. The van der Waals surface area contributed by atoms with E-state index in [-0.39, 0.29) is 29.7 Å². The van der Waals surface area contributed by atoms with E-state index < -0.39 is 28.9 Å². The fourth-order valence-corrected chi connectivity index (χ4v) is 6.14. The van der Waals surface area contributed by atoms with Crippen LogP contribution < -0.4 is 5.32 Å². The molecule has 1 saturated carbocycles. The van der Waals surface area contributed by atoms with Crippen molar-refractivity contribution >= 4 is 11.8 Å². The lowest BCUT2D eigenvalue weighted by atomic mass is 10.0. The van der Waals surface area contributed by atoms with Gasteiger partial charge in [0.1, 0.15) is 23.0 Å². The molecule has 192 valence electrons. The number of carbonyl (C=O) groups is 2. The number of benzene rings is 2.